The molecule has 0 saturated carbocycles. The molecule has 2 rings (SSSR count). The lowest BCUT2D eigenvalue weighted by Gasteiger charge is -2.39. The van der Waals surface area contributed by atoms with Gasteiger partial charge >= 0.3 is 6.03 Å². The van der Waals surface area contributed by atoms with Crippen molar-refractivity contribution in [1.29, 1.82) is 0 Å². The molecule has 126 valence electrons. The van der Waals surface area contributed by atoms with Crippen LogP contribution in [0.2, 0.25) is 0 Å². The molecule has 0 aromatic rings. The van der Waals surface area contributed by atoms with Gasteiger partial charge in [0.05, 0.1) is 19.3 Å². The molecular formula is C15H27N3O4. The molecule has 1 unspecified atom stereocenters. The second-order valence-corrected chi connectivity index (χ2v) is 7.01. The molecule has 2 N–H and O–H groups in total. The first-order valence-corrected chi connectivity index (χ1v) is 7.86. The van der Waals surface area contributed by atoms with Gasteiger partial charge in [-0.05, 0) is 27.7 Å². The van der Waals surface area contributed by atoms with E-state index in [-0.39, 0.29) is 17.5 Å². The Labute approximate surface area is 131 Å². The Hall–Kier alpha value is -1.18. The van der Waals surface area contributed by atoms with E-state index >= 15 is 0 Å². The van der Waals surface area contributed by atoms with Crippen molar-refractivity contribution in [2.45, 2.75) is 57.9 Å². The number of nitrogens with zero attached hydrogens (tertiary/aromatic N) is 1. The van der Waals surface area contributed by atoms with Gasteiger partial charge in [-0.1, -0.05) is 0 Å². The standard InChI is InChI=1S/C15H27N3O4/c1-11(12(19)16-13(20)17-14(2,3)4)18-7-5-15(6-8-18)21-9-10-22-15/h11H,5-10H2,1-4H3,(H2,16,17,19,20). The highest BCUT2D eigenvalue weighted by atomic mass is 16.7. The third-order valence-corrected chi connectivity index (χ3v) is 4.03. The van der Waals surface area contributed by atoms with Crippen LogP contribution in [0.25, 0.3) is 0 Å². The van der Waals surface area contributed by atoms with Gasteiger partial charge in [0.1, 0.15) is 0 Å². The van der Waals surface area contributed by atoms with Crippen molar-refractivity contribution >= 4 is 11.9 Å². The molecule has 0 aromatic heterocycles. The summed E-state index contributed by atoms with van der Waals surface area (Å²) in [5.41, 5.74) is -0.373. The molecule has 22 heavy (non-hydrogen) atoms. The minimum atomic E-state index is -0.458. The van der Waals surface area contributed by atoms with Crippen molar-refractivity contribution in [2.75, 3.05) is 26.3 Å². The Kier molecular flexibility index (Phi) is 5.09. The molecule has 0 bridgehead atoms. The second-order valence-electron chi connectivity index (χ2n) is 7.01. The van der Waals surface area contributed by atoms with Crippen molar-refractivity contribution in [2.24, 2.45) is 0 Å². The molecule has 2 fully saturated rings. The lowest BCUT2D eigenvalue weighted by Crippen LogP contribution is -2.55. The molecule has 0 aliphatic carbocycles. The molecular weight excluding hydrogens is 286 g/mol. The van der Waals surface area contributed by atoms with E-state index in [9.17, 15) is 9.59 Å². The molecule has 0 radical (unpaired) electrons. The van der Waals surface area contributed by atoms with Gasteiger partial charge in [0, 0.05) is 31.5 Å². The van der Waals surface area contributed by atoms with Gasteiger partial charge in [-0.3, -0.25) is 15.0 Å². The van der Waals surface area contributed by atoms with Crippen molar-refractivity contribution in [3.63, 3.8) is 0 Å². The molecule has 2 saturated heterocycles. The maximum Gasteiger partial charge on any atom is 0.321 e. The zero-order valence-electron chi connectivity index (χ0n) is 13.9. The zero-order valence-corrected chi connectivity index (χ0v) is 13.9. The summed E-state index contributed by atoms with van der Waals surface area (Å²) in [6.07, 6.45) is 1.50. The Morgan fingerprint density at radius 1 is 1.14 bits per heavy atom. The van der Waals surface area contributed by atoms with Gasteiger partial charge in [-0.2, -0.15) is 0 Å². The third-order valence-electron chi connectivity index (χ3n) is 4.03. The molecule has 2 aliphatic heterocycles. The van der Waals surface area contributed by atoms with Crippen molar-refractivity contribution < 1.29 is 19.1 Å². The fraction of sp³-hybridized carbons (Fsp3) is 0.867. The van der Waals surface area contributed by atoms with Gasteiger partial charge in [0.2, 0.25) is 5.91 Å². The van der Waals surface area contributed by atoms with Gasteiger partial charge < -0.3 is 14.8 Å². The van der Waals surface area contributed by atoms with Gasteiger partial charge in [-0.25, -0.2) is 4.79 Å². The van der Waals surface area contributed by atoms with Crippen molar-refractivity contribution in [3.05, 3.63) is 0 Å². The molecule has 7 heteroatoms. The summed E-state index contributed by atoms with van der Waals surface area (Å²) in [5.74, 6) is -0.734. The zero-order chi connectivity index (χ0) is 16.4. The highest BCUT2D eigenvalue weighted by Gasteiger charge is 2.41. The van der Waals surface area contributed by atoms with Crippen LogP contribution >= 0.6 is 0 Å². The molecule has 1 atom stereocenters. The Balaban J connectivity index is 1.80. The van der Waals surface area contributed by atoms with Gasteiger partial charge in [-0.15, -0.1) is 0 Å². The van der Waals surface area contributed by atoms with Gasteiger partial charge in [0.15, 0.2) is 5.79 Å². The maximum absolute atomic E-state index is 12.2. The van der Waals surface area contributed by atoms with E-state index in [4.69, 9.17) is 9.47 Å². The van der Waals surface area contributed by atoms with E-state index in [0.29, 0.717) is 13.2 Å². The molecule has 1 spiro atoms. The lowest BCUT2D eigenvalue weighted by molar-refractivity contribution is -0.188. The van der Waals surface area contributed by atoms with E-state index in [1.807, 2.05) is 27.7 Å². The summed E-state index contributed by atoms with van der Waals surface area (Å²) in [4.78, 5) is 26.0. The minimum absolute atomic E-state index is 0.286. The Morgan fingerprint density at radius 2 is 1.68 bits per heavy atom. The van der Waals surface area contributed by atoms with Crippen LogP contribution in [-0.2, 0) is 14.3 Å². The molecule has 2 aliphatic rings. The lowest BCUT2D eigenvalue weighted by atomic mass is 10.0. The summed E-state index contributed by atoms with van der Waals surface area (Å²) in [5, 5.41) is 5.12. The Morgan fingerprint density at radius 3 is 2.18 bits per heavy atom. The molecule has 0 aromatic carbocycles. The number of likely N-dealkylation sites (tertiary alicyclic amines) is 1. The monoisotopic (exact) mass is 313 g/mol. The summed E-state index contributed by atoms with van der Waals surface area (Å²) < 4.78 is 11.4. The van der Waals surface area contributed by atoms with E-state index in [0.717, 1.165) is 25.9 Å². The predicted molar refractivity (Wildman–Crippen MR) is 81.3 cm³/mol. The number of carbonyl (C=O) groups excluding carboxylic acids is 2. The number of rotatable bonds is 2. The second kappa shape index (κ2) is 6.52. The van der Waals surface area contributed by atoms with Crippen molar-refractivity contribution in [1.82, 2.24) is 15.5 Å². The first kappa shape index (κ1) is 17.2. The highest BCUT2D eigenvalue weighted by Crippen LogP contribution is 2.31. The van der Waals surface area contributed by atoms with Crippen LogP contribution in [0.15, 0.2) is 0 Å². The first-order valence-electron chi connectivity index (χ1n) is 7.86. The molecule has 3 amide bonds. The predicted octanol–water partition coefficient (Wildman–Crippen LogP) is 0.838. The van der Waals surface area contributed by atoms with Crippen LogP contribution in [0.4, 0.5) is 4.79 Å². The average Bonchev–Trinajstić information content (AvgIpc) is 2.85. The van der Waals surface area contributed by atoms with E-state index < -0.39 is 11.8 Å². The Bertz CT molecular complexity index is 417. The fourth-order valence-electron chi connectivity index (χ4n) is 2.79. The molecule has 7 nitrogen and oxygen atoms in total. The smallest absolute Gasteiger partial charge is 0.321 e. The number of carbonyl (C=O) groups is 2. The van der Waals surface area contributed by atoms with E-state index in [1.165, 1.54) is 0 Å². The number of ether oxygens (including phenoxy) is 2. The van der Waals surface area contributed by atoms with Crippen LogP contribution < -0.4 is 10.6 Å². The van der Waals surface area contributed by atoms with Crippen LogP contribution in [0.1, 0.15) is 40.5 Å². The van der Waals surface area contributed by atoms with E-state index in [2.05, 4.69) is 15.5 Å². The number of imide groups is 1. The number of hydrogen-bond donors (Lipinski definition) is 2. The van der Waals surface area contributed by atoms with Crippen LogP contribution in [0, 0.1) is 0 Å². The van der Waals surface area contributed by atoms with Crippen LogP contribution in [0.5, 0.6) is 0 Å². The number of urea groups is 1. The quantitative estimate of drug-likeness (QED) is 0.789. The van der Waals surface area contributed by atoms with Crippen LogP contribution in [-0.4, -0.2) is 60.5 Å². The van der Waals surface area contributed by atoms with E-state index in [1.54, 1.807) is 0 Å². The summed E-state index contributed by atoms with van der Waals surface area (Å²) in [6, 6.07) is -0.815. The summed E-state index contributed by atoms with van der Waals surface area (Å²) in [6.45, 7) is 10.1. The highest BCUT2D eigenvalue weighted by molar-refractivity contribution is 5.97. The van der Waals surface area contributed by atoms with Crippen LogP contribution in [0.3, 0.4) is 0 Å². The van der Waals surface area contributed by atoms with Crippen molar-refractivity contribution in [3.8, 4) is 0 Å². The van der Waals surface area contributed by atoms with Gasteiger partial charge in [0.25, 0.3) is 0 Å². The summed E-state index contributed by atoms with van der Waals surface area (Å²) in [7, 11) is 0. The largest absolute Gasteiger partial charge is 0.347 e. The molecule has 2 heterocycles. The maximum atomic E-state index is 12.2. The SMILES string of the molecule is CC(C(=O)NC(=O)NC(C)(C)C)N1CCC2(CC1)OCCO2. The fourth-order valence-corrected chi connectivity index (χ4v) is 2.79. The topological polar surface area (TPSA) is 79.9 Å². The summed E-state index contributed by atoms with van der Waals surface area (Å²) >= 11 is 0. The number of nitrogens with one attached hydrogen (secondary N) is 2. The minimum Gasteiger partial charge on any atom is -0.347 e. The first-order chi connectivity index (χ1) is 10.2. The third kappa shape index (κ3) is 4.41. The normalized spacial score (nSPS) is 23.3. The average molecular weight is 313 g/mol. The number of amides is 3. The number of piperidine rings is 1. The number of hydrogen-bond acceptors (Lipinski definition) is 5.